The van der Waals surface area contributed by atoms with E-state index in [1.165, 1.54) is 18.1 Å². The third kappa shape index (κ3) is 4.72. The number of phenols is 1. The number of Topliss-reactive ketones (excluding diaryl/α,β-unsaturated/α-hetero) is 1. The number of ketones is 1. The molecule has 1 unspecified atom stereocenters. The fraction of sp³-hybridized carbons (Fsp3) is 0.290. The van der Waals surface area contributed by atoms with Crippen molar-refractivity contribution in [2.45, 2.75) is 46.6 Å². The molecule has 4 rings (SSSR count). The van der Waals surface area contributed by atoms with Gasteiger partial charge in [-0.25, -0.2) is 0 Å². The number of benzene rings is 3. The van der Waals surface area contributed by atoms with Crippen molar-refractivity contribution in [2.24, 2.45) is 0 Å². The molecule has 198 valence electrons. The van der Waals surface area contributed by atoms with Crippen LogP contribution in [0.4, 0.5) is 5.69 Å². The number of aryl methyl sites for hydroxylation is 2. The van der Waals surface area contributed by atoms with Crippen LogP contribution in [0, 0.1) is 13.8 Å². The number of aromatic hydroxyl groups is 1. The Morgan fingerprint density at radius 3 is 2.32 bits per heavy atom. The molecule has 1 heterocycles. The SMILES string of the molecule is CCOc1cc(C2/C(=C(\O)c3cc(C)cc(C)c3OC)C(=O)C(=O)N2c2ccc(C(C)C)cc2)ccc1O. The molecule has 3 aromatic carbocycles. The van der Waals surface area contributed by atoms with Crippen molar-refractivity contribution in [3.8, 4) is 17.2 Å². The van der Waals surface area contributed by atoms with E-state index in [0.29, 0.717) is 29.2 Å². The number of hydrogen-bond donors (Lipinski definition) is 2. The summed E-state index contributed by atoms with van der Waals surface area (Å²) in [6, 6.07) is 14.8. The molecule has 0 aliphatic carbocycles. The maximum Gasteiger partial charge on any atom is 0.300 e. The first-order valence-corrected chi connectivity index (χ1v) is 12.6. The summed E-state index contributed by atoms with van der Waals surface area (Å²) in [7, 11) is 1.50. The summed E-state index contributed by atoms with van der Waals surface area (Å²) in [6.07, 6.45) is 0. The highest BCUT2D eigenvalue weighted by atomic mass is 16.5. The van der Waals surface area contributed by atoms with Gasteiger partial charge in [-0.1, -0.05) is 38.1 Å². The second-order valence-corrected chi connectivity index (χ2v) is 9.74. The van der Waals surface area contributed by atoms with Crippen LogP contribution in [0.25, 0.3) is 5.76 Å². The van der Waals surface area contributed by atoms with Gasteiger partial charge in [0.2, 0.25) is 0 Å². The highest BCUT2D eigenvalue weighted by Gasteiger charge is 2.47. The Labute approximate surface area is 222 Å². The molecule has 1 aliphatic rings. The molecule has 0 spiro atoms. The lowest BCUT2D eigenvalue weighted by molar-refractivity contribution is -0.132. The number of hydrogen-bond acceptors (Lipinski definition) is 6. The van der Waals surface area contributed by atoms with Crippen molar-refractivity contribution in [1.82, 2.24) is 0 Å². The zero-order chi connectivity index (χ0) is 27.7. The van der Waals surface area contributed by atoms with Gasteiger partial charge in [-0.05, 0) is 79.3 Å². The maximum absolute atomic E-state index is 13.6. The van der Waals surface area contributed by atoms with Gasteiger partial charge >= 0.3 is 0 Å². The molecule has 1 fully saturated rings. The fourth-order valence-corrected chi connectivity index (χ4v) is 4.95. The van der Waals surface area contributed by atoms with Crippen molar-refractivity contribution >= 4 is 23.1 Å². The molecule has 38 heavy (non-hydrogen) atoms. The average molecular weight is 516 g/mol. The minimum Gasteiger partial charge on any atom is -0.507 e. The van der Waals surface area contributed by atoms with Crippen LogP contribution in [0.3, 0.4) is 0 Å². The van der Waals surface area contributed by atoms with Crippen LogP contribution in [-0.4, -0.2) is 35.6 Å². The van der Waals surface area contributed by atoms with Crippen molar-refractivity contribution < 1.29 is 29.3 Å². The van der Waals surface area contributed by atoms with E-state index < -0.39 is 17.7 Å². The molecule has 0 bridgehead atoms. The molecule has 0 aromatic heterocycles. The number of anilines is 1. The monoisotopic (exact) mass is 515 g/mol. The van der Waals surface area contributed by atoms with Crippen molar-refractivity contribution in [3.05, 3.63) is 88.0 Å². The smallest absolute Gasteiger partial charge is 0.300 e. The number of methoxy groups -OCH3 is 1. The average Bonchev–Trinajstić information content (AvgIpc) is 3.15. The molecule has 1 atom stereocenters. The minimum absolute atomic E-state index is 0.0650. The molecule has 0 saturated carbocycles. The van der Waals surface area contributed by atoms with E-state index in [0.717, 1.165) is 16.7 Å². The first-order chi connectivity index (χ1) is 18.1. The summed E-state index contributed by atoms with van der Waals surface area (Å²) >= 11 is 0. The summed E-state index contributed by atoms with van der Waals surface area (Å²) < 4.78 is 11.2. The van der Waals surface area contributed by atoms with Crippen LogP contribution >= 0.6 is 0 Å². The van der Waals surface area contributed by atoms with Gasteiger partial charge in [0.25, 0.3) is 11.7 Å². The standard InChI is InChI=1S/C31H33NO6/c1-7-38-25-16-21(10-13-24(25)33)27-26(28(34)23-15-18(4)14-19(5)30(23)37-6)29(35)31(36)32(27)22-11-8-20(9-12-22)17(2)3/h8-17,27,33-34H,7H2,1-6H3/b28-26+. The Hall–Kier alpha value is -4.26. The highest BCUT2D eigenvalue weighted by molar-refractivity contribution is 6.51. The topological polar surface area (TPSA) is 96.3 Å². The van der Waals surface area contributed by atoms with Gasteiger partial charge in [-0.2, -0.15) is 0 Å². The predicted octanol–water partition coefficient (Wildman–Crippen LogP) is 6.17. The van der Waals surface area contributed by atoms with E-state index >= 15 is 0 Å². The number of aliphatic hydroxyl groups excluding tert-OH is 1. The fourth-order valence-electron chi connectivity index (χ4n) is 4.95. The van der Waals surface area contributed by atoms with Crippen LogP contribution in [-0.2, 0) is 9.59 Å². The molecular formula is C31H33NO6. The number of aliphatic hydroxyl groups is 1. The van der Waals surface area contributed by atoms with E-state index in [2.05, 4.69) is 13.8 Å². The minimum atomic E-state index is -0.967. The summed E-state index contributed by atoms with van der Waals surface area (Å²) in [5, 5.41) is 21.9. The number of carbonyl (C=O) groups is 2. The molecule has 7 nitrogen and oxygen atoms in total. The second-order valence-electron chi connectivity index (χ2n) is 9.74. The van der Waals surface area contributed by atoms with Gasteiger partial charge < -0.3 is 19.7 Å². The molecular weight excluding hydrogens is 482 g/mol. The van der Waals surface area contributed by atoms with Gasteiger partial charge in [-0.3, -0.25) is 14.5 Å². The van der Waals surface area contributed by atoms with Crippen molar-refractivity contribution in [2.75, 3.05) is 18.6 Å². The van der Waals surface area contributed by atoms with Crippen LogP contribution in [0.5, 0.6) is 17.2 Å². The molecule has 2 N–H and O–H groups in total. The van der Waals surface area contributed by atoms with Crippen LogP contribution in [0.2, 0.25) is 0 Å². The van der Waals surface area contributed by atoms with Crippen molar-refractivity contribution in [1.29, 1.82) is 0 Å². The van der Waals surface area contributed by atoms with E-state index in [1.807, 2.05) is 32.0 Å². The Balaban J connectivity index is 2.00. The van der Waals surface area contributed by atoms with Crippen LogP contribution in [0.1, 0.15) is 60.5 Å². The molecule has 1 saturated heterocycles. The van der Waals surface area contributed by atoms with E-state index in [9.17, 15) is 19.8 Å². The predicted molar refractivity (Wildman–Crippen MR) is 147 cm³/mol. The van der Waals surface area contributed by atoms with Crippen LogP contribution < -0.4 is 14.4 Å². The molecule has 1 amide bonds. The summed E-state index contributed by atoms with van der Waals surface area (Å²) in [5.41, 5.74) is 4.01. The Bertz CT molecular complexity index is 1420. The largest absolute Gasteiger partial charge is 0.507 e. The van der Waals surface area contributed by atoms with Gasteiger partial charge in [0, 0.05) is 5.69 Å². The van der Waals surface area contributed by atoms with E-state index in [4.69, 9.17) is 9.47 Å². The van der Waals surface area contributed by atoms with Gasteiger partial charge in [0.05, 0.1) is 30.9 Å². The lowest BCUT2D eigenvalue weighted by atomic mass is 9.93. The number of phenolic OH excluding ortho intramolecular Hbond substituents is 1. The van der Waals surface area contributed by atoms with E-state index in [1.54, 1.807) is 37.3 Å². The number of ether oxygens (including phenoxy) is 2. The number of nitrogens with zero attached hydrogens (tertiary/aromatic N) is 1. The van der Waals surface area contributed by atoms with E-state index in [-0.39, 0.29) is 28.7 Å². The summed E-state index contributed by atoms with van der Waals surface area (Å²) in [4.78, 5) is 28.5. The normalized spacial score (nSPS) is 16.8. The van der Waals surface area contributed by atoms with Gasteiger partial charge in [0.1, 0.15) is 11.5 Å². The summed E-state index contributed by atoms with van der Waals surface area (Å²) in [5.74, 6) is -1.04. The molecule has 3 aromatic rings. The number of amides is 1. The Morgan fingerprint density at radius 2 is 1.71 bits per heavy atom. The van der Waals surface area contributed by atoms with Gasteiger partial charge in [-0.15, -0.1) is 0 Å². The third-order valence-corrected chi connectivity index (χ3v) is 6.76. The molecule has 7 heteroatoms. The second kappa shape index (κ2) is 10.6. The lowest BCUT2D eigenvalue weighted by Gasteiger charge is -2.26. The Kier molecular flexibility index (Phi) is 7.49. The molecule has 0 radical (unpaired) electrons. The van der Waals surface area contributed by atoms with Crippen LogP contribution in [0.15, 0.2) is 60.2 Å². The zero-order valence-electron chi connectivity index (χ0n) is 22.5. The highest BCUT2D eigenvalue weighted by Crippen LogP contribution is 2.45. The first-order valence-electron chi connectivity index (χ1n) is 12.6. The number of carbonyl (C=O) groups excluding carboxylic acids is 2. The lowest BCUT2D eigenvalue weighted by Crippen LogP contribution is -2.29. The summed E-state index contributed by atoms with van der Waals surface area (Å²) in [6.45, 7) is 9.98. The van der Waals surface area contributed by atoms with Crippen molar-refractivity contribution in [3.63, 3.8) is 0 Å². The van der Waals surface area contributed by atoms with Gasteiger partial charge in [0.15, 0.2) is 11.5 Å². The quantitative estimate of drug-likeness (QED) is 0.222. The number of rotatable bonds is 7. The Morgan fingerprint density at radius 1 is 1.03 bits per heavy atom. The third-order valence-electron chi connectivity index (χ3n) is 6.76. The zero-order valence-corrected chi connectivity index (χ0v) is 22.5. The first kappa shape index (κ1) is 26.8. The molecule has 1 aliphatic heterocycles. The maximum atomic E-state index is 13.6.